The third-order valence-electron chi connectivity index (χ3n) is 3.37. The molecule has 0 nitrogen and oxygen atoms in total. The van der Waals surface area contributed by atoms with E-state index in [1.54, 1.807) is 0 Å². The Morgan fingerprint density at radius 1 is 0.857 bits per heavy atom. The second kappa shape index (κ2) is 5.72. The van der Waals surface area contributed by atoms with Gasteiger partial charge in [0.05, 0.1) is 5.38 Å². The molecule has 4 heteroatoms. The van der Waals surface area contributed by atoms with Crippen LogP contribution in [0, 0.1) is 17.5 Å². The van der Waals surface area contributed by atoms with Crippen LogP contribution in [0.15, 0.2) is 36.4 Å². The van der Waals surface area contributed by atoms with Gasteiger partial charge in [0.2, 0.25) is 0 Å². The van der Waals surface area contributed by atoms with Crippen molar-refractivity contribution in [1.82, 2.24) is 0 Å². The van der Waals surface area contributed by atoms with Crippen LogP contribution in [0.1, 0.15) is 42.8 Å². The molecule has 0 saturated heterocycles. The number of rotatable bonds is 2. The Hall–Kier alpha value is -1.48. The van der Waals surface area contributed by atoms with Crippen molar-refractivity contribution in [2.24, 2.45) is 0 Å². The normalized spacial score (nSPS) is 13.3. The minimum Gasteiger partial charge on any atom is -0.204 e. The molecule has 0 fully saturated rings. The minimum atomic E-state index is -1.48. The molecule has 0 radical (unpaired) electrons. The summed E-state index contributed by atoms with van der Waals surface area (Å²) in [6.45, 7) is 6.26. The van der Waals surface area contributed by atoms with Crippen molar-refractivity contribution >= 4 is 11.6 Å². The molecule has 0 amide bonds. The lowest BCUT2D eigenvalue weighted by molar-refractivity contribution is 0.445. The van der Waals surface area contributed by atoms with Gasteiger partial charge in [0.15, 0.2) is 17.5 Å². The molecule has 2 aromatic rings. The Bertz CT molecular complexity index is 619. The first-order valence-corrected chi connectivity index (χ1v) is 7.03. The zero-order chi connectivity index (χ0) is 15.8. The number of hydrogen-bond donors (Lipinski definition) is 0. The van der Waals surface area contributed by atoms with Gasteiger partial charge in [0.1, 0.15) is 0 Å². The van der Waals surface area contributed by atoms with Crippen molar-refractivity contribution in [3.05, 3.63) is 70.5 Å². The highest BCUT2D eigenvalue weighted by atomic mass is 35.5. The van der Waals surface area contributed by atoms with Crippen molar-refractivity contribution in [1.29, 1.82) is 0 Å². The topological polar surface area (TPSA) is 0 Å². The quantitative estimate of drug-likeness (QED) is 0.491. The van der Waals surface area contributed by atoms with E-state index < -0.39 is 22.8 Å². The first-order chi connectivity index (χ1) is 9.70. The van der Waals surface area contributed by atoms with Gasteiger partial charge in [-0.1, -0.05) is 45.0 Å². The molecular formula is C17H16ClF3. The summed E-state index contributed by atoms with van der Waals surface area (Å²) in [5, 5.41) is -0.733. The summed E-state index contributed by atoms with van der Waals surface area (Å²) in [4.78, 5) is 0. The lowest BCUT2D eigenvalue weighted by atomic mass is 9.86. The predicted molar refractivity (Wildman–Crippen MR) is 79.2 cm³/mol. The first-order valence-electron chi connectivity index (χ1n) is 6.59. The Morgan fingerprint density at radius 3 is 1.76 bits per heavy atom. The molecule has 0 aromatic heterocycles. The van der Waals surface area contributed by atoms with Crippen LogP contribution in [0.25, 0.3) is 0 Å². The van der Waals surface area contributed by atoms with Gasteiger partial charge in [-0.3, -0.25) is 0 Å². The summed E-state index contributed by atoms with van der Waals surface area (Å²) in [5.41, 5.74) is 2.03. The van der Waals surface area contributed by atoms with E-state index in [9.17, 15) is 13.2 Å². The Balaban J connectivity index is 2.34. The average molecular weight is 313 g/mol. The molecule has 1 atom stereocenters. The lowest BCUT2D eigenvalue weighted by Gasteiger charge is -2.20. The van der Waals surface area contributed by atoms with Gasteiger partial charge >= 0.3 is 0 Å². The van der Waals surface area contributed by atoms with Gasteiger partial charge in [-0.25, -0.2) is 13.2 Å². The highest BCUT2D eigenvalue weighted by molar-refractivity contribution is 6.22. The minimum absolute atomic E-state index is 0.00836. The van der Waals surface area contributed by atoms with Crippen molar-refractivity contribution in [3.63, 3.8) is 0 Å². The summed E-state index contributed by atoms with van der Waals surface area (Å²) in [6, 6.07) is 9.35. The number of alkyl halides is 1. The molecule has 0 spiro atoms. The summed E-state index contributed by atoms with van der Waals surface area (Å²) in [5.74, 6) is -3.95. The van der Waals surface area contributed by atoms with E-state index in [0.29, 0.717) is 5.56 Å². The average Bonchev–Trinajstić information content (AvgIpc) is 2.42. The molecule has 0 heterocycles. The molecule has 112 valence electrons. The van der Waals surface area contributed by atoms with Crippen LogP contribution in [-0.4, -0.2) is 0 Å². The van der Waals surface area contributed by atoms with Crippen molar-refractivity contribution < 1.29 is 13.2 Å². The van der Waals surface area contributed by atoms with Crippen LogP contribution >= 0.6 is 11.6 Å². The van der Waals surface area contributed by atoms with E-state index in [1.165, 1.54) is 0 Å². The fraction of sp³-hybridized carbons (Fsp3) is 0.294. The molecule has 0 aliphatic carbocycles. The zero-order valence-corrected chi connectivity index (χ0v) is 12.8. The number of halogens is 4. The first kappa shape index (κ1) is 15.9. The fourth-order valence-corrected chi connectivity index (χ4v) is 2.34. The van der Waals surface area contributed by atoms with E-state index in [0.717, 1.165) is 17.7 Å². The van der Waals surface area contributed by atoms with E-state index in [2.05, 4.69) is 20.8 Å². The second-order valence-electron chi connectivity index (χ2n) is 6.03. The van der Waals surface area contributed by atoms with Gasteiger partial charge in [0, 0.05) is 0 Å². The number of hydrogen-bond acceptors (Lipinski definition) is 0. The van der Waals surface area contributed by atoms with Crippen LogP contribution in [0.2, 0.25) is 0 Å². The molecule has 0 aliphatic rings. The fourth-order valence-electron chi connectivity index (χ4n) is 2.07. The molecular weight excluding hydrogens is 297 g/mol. The molecule has 0 aliphatic heterocycles. The lowest BCUT2D eigenvalue weighted by Crippen LogP contribution is -2.10. The van der Waals surface area contributed by atoms with Gasteiger partial charge in [-0.05, 0) is 34.2 Å². The second-order valence-corrected chi connectivity index (χ2v) is 6.47. The van der Waals surface area contributed by atoms with Crippen LogP contribution in [0.4, 0.5) is 13.2 Å². The van der Waals surface area contributed by atoms with Crippen molar-refractivity contribution in [2.45, 2.75) is 31.6 Å². The standard InChI is InChI=1S/C17H16ClF3/c1-17(2,3)12-6-4-10(5-7-12)15(18)11-8-13(19)16(21)14(20)9-11/h4-9,15H,1-3H3. The van der Waals surface area contributed by atoms with Gasteiger partial charge < -0.3 is 0 Å². The summed E-state index contributed by atoms with van der Waals surface area (Å²) in [6.07, 6.45) is 0. The summed E-state index contributed by atoms with van der Waals surface area (Å²) >= 11 is 6.24. The van der Waals surface area contributed by atoms with Crippen LogP contribution in [0.3, 0.4) is 0 Å². The number of benzene rings is 2. The maximum absolute atomic E-state index is 13.3. The van der Waals surface area contributed by atoms with E-state index in [-0.39, 0.29) is 11.0 Å². The third-order valence-corrected chi connectivity index (χ3v) is 3.87. The Labute approximate surface area is 127 Å². The maximum atomic E-state index is 13.3. The highest BCUT2D eigenvalue weighted by Gasteiger charge is 2.18. The van der Waals surface area contributed by atoms with Gasteiger partial charge in [0.25, 0.3) is 0 Å². The highest BCUT2D eigenvalue weighted by Crippen LogP contribution is 2.32. The molecule has 2 aromatic carbocycles. The SMILES string of the molecule is CC(C)(C)c1ccc(C(Cl)c2cc(F)c(F)c(F)c2)cc1. The van der Waals surface area contributed by atoms with Crippen LogP contribution in [0.5, 0.6) is 0 Å². The molecule has 2 rings (SSSR count). The smallest absolute Gasteiger partial charge is 0.194 e. The molecule has 0 saturated carbocycles. The zero-order valence-electron chi connectivity index (χ0n) is 12.1. The van der Waals surface area contributed by atoms with E-state index in [1.807, 2.05) is 24.3 Å². The van der Waals surface area contributed by atoms with E-state index in [4.69, 9.17) is 11.6 Å². The monoisotopic (exact) mass is 312 g/mol. The van der Waals surface area contributed by atoms with E-state index >= 15 is 0 Å². The molecule has 1 unspecified atom stereocenters. The summed E-state index contributed by atoms with van der Waals surface area (Å²) in [7, 11) is 0. The summed E-state index contributed by atoms with van der Waals surface area (Å²) < 4.78 is 39.5. The Kier molecular flexibility index (Phi) is 4.33. The molecule has 0 N–H and O–H groups in total. The van der Waals surface area contributed by atoms with Crippen molar-refractivity contribution in [2.75, 3.05) is 0 Å². The maximum Gasteiger partial charge on any atom is 0.194 e. The van der Waals surface area contributed by atoms with Crippen LogP contribution in [-0.2, 0) is 5.41 Å². The van der Waals surface area contributed by atoms with Gasteiger partial charge in [-0.2, -0.15) is 0 Å². The van der Waals surface area contributed by atoms with Crippen molar-refractivity contribution in [3.8, 4) is 0 Å². The Morgan fingerprint density at radius 2 is 1.33 bits per heavy atom. The molecule has 0 bridgehead atoms. The third kappa shape index (κ3) is 3.41. The van der Waals surface area contributed by atoms with Crippen LogP contribution < -0.4 is 0 Å². The molecule has 21 heavy (non-hydrogen) atoms. The predicted octanol–water partition coefficient (Wildman–Crippen LogP) is 5.73. The largest absolute Gasteiger partial charge is 0.204 e. The van der Waals surface area contributed by atoms with Gasteiger partial charge in [-0.15, -0.1) is 11.6 Å².